The highest BCUT2D eigenvalue weighted by Crippen LogP contribution is 2.43. The lowest BCUT2D eigenvalue weighted by atomic mass is 9.81. The van der Waals surface area contributed by atoms with E-state index in [9.17, 15) is 4.79 Å². The third-order valence-electron chi connectivity index (χ3n) is 4.49. The quantitative estimate of drug-likeness (QED) is 0.839. The van der Waals surface area contributed by atoms with E-state index < -0.39 is 5.60 Å². The first-order chi connectivity index (χ1) is 9.28. The molecule has 20 heavy (non-hydrogen) atoms. The molecule has 3 heteroatoms. The van der Waals surface area contributed by atoms with E-state index in [1.54, 1.807) is 0 Å². The second kappa shape index (κ2) is 4.32. The Morgan fingerprint density at radius 3 is 2.70 bits per heavy atom. The highest BCUT2D eigenvalue weighted by atomic mass is 16.5. The van der Waals surface area contributed by atoms with Crippen LogP contribution in [0.4, 0.5) is 5.69 Å². The fourth-order valence-electron chi connectivity index (χ4n) is 3.62. The maximum Gasteiger partial charge on any atom is 0.168 e. The van der Waals surface area contributed by atoms with Crippen molar-refractivity contribution >= 4 is 11.5 Å². The highest BCUT2D eigenvalue weighted by molar-refractivity contribution is 5.99. The van der Waals surface area contributed by atoms with Gasteiger partial charge in [-0.2, -0.15) is 0 Å². The van der Waals surface area contributed by atoms with Gasteiger partial charge in [-0.05, 0) is 52.2 Å². The van der Waals surface area contributed by atoms with Gasteiger partial charge in [0.25, 0.3) is 0 Å². The second-order valence-corrected chi connectivity index (χ2v) is 7.13. The molecule has 1 atom stereocenters. The molecule has 3 rings (SSSR count). The number of anilines is 1. The van der Waals surface area contributed by atoms with Crippen LogP contribution in [0.2, 0.25) is 0 Å². The summed E-state index contributed by atoms with van der Waals surface area (Å²) in [5, 5.41) is 3.34. The van der Waals surface area contributed by atoms with Crippen LogP contribution in [-0.2, 0) is 11.2 Å². The molecule has 3 nitrogen and oxygen atoms in total. The molecule has 2 aliphatic heterocycles. The standard InChI is InChI=1S/C17H23NO2/c1-16(2)10-13(17(3,4)20-16)15(19)12-6-5-11-7-8-18-14(11)9-12/h5-6,9,13,18H,7-8,10H2,1-4H3. The van der Waals surface area contributed by atoms with Gasteiger partial charge in [0.15, 0.2) is 5.78 Å². The van der Waals surface area contributed by atoms with Gasteiger partial charge in [0.05, 0.1) is 17.1 Å². The highest BCUT2D eigenvalue weighted by Gasteiger charge is 2.49. The van der Waals surface area contributed by atoms with Gasteiger partial charge >= 0.3 is 0 Å². The lowest BCUT2D eigenvalue weighted by Gasteiger charge is -2.26. The number of benzene rings is 1. The van der Waals surface area contributed by atoms with Crippen LogP contribution in [0.1, 0.15) is 50.0 Å². The first-order valence-electron chi connectivity index (χ1n) is 7.40. The van der Waals surface area contributed by atoms with Crippen molar-refractivity contribution < 1.29 is 9.53 Å². The van der Waals surface area contributed by atoms with Crippen molar-refractivity contribution in [3.63, 3.8) is 0 Å². The molecule has 2 aliphatic rings. The van der Waals surface area contributed by atoms with Crippen LogP contribution in [0.3, 0.4) is 0 Å². The molecule has 108 valence electrons. The minimum Gasteiger partial charge on any atom is -0.384 e. The summed E-state index contributed by atoms with van der Waals surface area (Å²) in [7, 11) is 0. The molecule has 1 N–H and O–H groups in total. The average molecular weight is 273 g/mol. The van der Waals surface area contributed by atoms with Gasteiger partial charge in [-0.25, -0.2) is 0 Å². The lowest BCUT2D eigenvalue weighted by Crippen LogP contribution is -2.33. The number of carbonyl (C=O) groups excluding carboxylic acids is 1. The van der Waals surface area contributed by atoms with Gasteiger partial charge in [-0.15, -0.1) is 0 Å². The molecular weight excluding hydrogens is 250 g/mol. The van der Waals surface area contributed by atoms with Crippen LogP contribution in [0.25, 0.3) is 0 Å². The van der Waals surface area contributed by atoms with Crippen LogP contribution < -0.4 is 5.32 Å². The Morgan fingerprint density at radius 2 is 2.05 bits per heavy atom. The fourth-order valence-corrected chi connectivity index (χ4v) is 3.62. The minimum atomic E-state index is -0.396. The van der Waals surface area contributed by atoms with E-state index in [2.05, 4.69) is 25.2 Å². The molecule has 2 heterocycles. The Bertz CT molecular complexity index is 560. The topological polar surface area (TPSA) is 38.3 Å². The van der Waals surface area contributed by atoms with Gasteiger partial charge in [-0.3, -0.25) is 4.79 Å². The summed E-state index contributed by atoms with van der Waals surface area (Å²) in [6.07, 6.45) is 1.83. The summed E-state index contributed by atoms with van der Waals surface area (Å²) >= 11 is 0. The van der Waals surface area contributed by atoms with Crippen molar-refractivity contribution in [3.8, 4) is 0 Å². The Balaban J connectivity index is 1.89. The average Bonchev–Trinajstić information content (AvgIpc) is 2.88. The second-order valence-electron chi connectivity index (χ2n) is 7.13. The number of Topliss-reactive ketones (excluding diaryl/α,β-unsaturated/α-hetero) is 1. The Morgan fingerprint density at radius 1 is 1.30 bits per heavy atom. The van der Waals surface area contributed by atoms with Gasteiger partial charge in [-0.1, -0.05) is 12.1 Å². The first kappa shape index (κ1) is 13.6. The van der Waals surface area contributed by atoms with E-state index in [1.165, 1.54) is 5.56 Å². The largest absolute Gasteiger partial charge is 0.384 e. The SMILES string of the molecule is CC1(C)CC(C(=O)c2ccc3c(c2)NCC3)C(C)(C)O1. The monoisotopic (exact) mass is 273 g/mol. The third-order valence-corrected chi connectivity index (χ3v) is 4.49. The molecule has 1 fully saturated rings. The maximum atomic E-state index is 12.8. The maximum absolute atomic E-state index is 12.8. The third kappa shape index (κ3) is 2.24. The predicted molar refractivity (Wildman–Crippen MR) is 80.3 cm³/mol. The summed E-state index contributed by atoms with van der Waals surface area (Å²) in [5.74, 6) is 0.133. The normalized spacial score (nSPS) is 26.1. The Labute approximate surface area is 120 Å². The number of ketones is 1. The fraction of sp³-hybridized carbons (Fsp3) is 0.588. The summed E-state index contributed by atoms with van der Waals surface area (Å²) in [5.41, 5.74) is 2.61. The van der Waals surface area contributed by atoms with E-state index in [0.717, 1.165) is 30.6 Å². The summed E-state index contributed by atoms with van der Waals surface area (Å²) in [4.78, 5) is 12.8. The minimum absolute atomic E-state index is 0.0723. The van der Waals surface area contributed by atoms with Crippen LogP contribution >= 0.6 is 0 Å². The Hall–Kier alpha value is -1.35. The molecule has 0 radical (unpaired) electrons. The number of nitrogens with one attached hydrogen (secondary N) is 1. The number of ether oxygens (including phenoxy) is 1. The van der Waals surface area contributed by atoms with E-state index in [-0.39, 0.29) is 17.3 Å². The molecule has 1 aromatic rings. The van der Waals surface area contributed by atoms with Crippen molar-refractivity contribution in [3.05, 3.63) is 29.3 Å². The van der Waals surface area contributed by atoms with E-state index in [4.69, 9.17) is 4.74 Å². The van der Waals surface area contributed by atoms with Crippen LogP contribution in [0.15, 0.2) is 18.2 Å². The van der Waals surface area contributed by atoms with Crippen molar-refractivity contribution in [1.29, 1.82) is 0 Å². The van der Waals surface area contributed by atoms with E-state index >= 15 is 0 Å². The van der Waals surface area contributed by atoms with Crippen molar-refractivity contribution in [2.75, 3.05) is 11.9 Å². The van der Waals surface area contributed by atoms with E-state index in [1.807, 2.05) is 26.0 Å². The molecule has 0 spiro atoms. The van der Waals surface area contributed by atoms with Crippen molar-refractivity contribution in [2.45, 2.75) is 51.7 Å². The zero-order valence-corrected chi connectivity index (χ0v) is 12.7. The van der Waals surface area contributed by atoms with Crippen LogP contribution in [0.5, 0.6) is 0 Å². The van der Waals surface area contributed by atoms with E-state index in [0.29, 0.717) is 0 Å². The number of fused-ring (bicyclic) bond motifs is 1. The Kier molecular flexibility index (Phi) is 2.94. The van der Waals surface area contributed by atoms with Gasteiger partial charge < -0.3 is 10.1 Å². The molecule has 1 unspecified atom stereocenters. The van der Waals surface area contributed by atoms with Gasteiger partial charge in [0.2, 0.25) is 0 Å². The number of carbonyl (C=O) groups is 1. The number of rotatable bonds is 2. The van der Waals surface area contributed by atoms with Crippen LogP contribution in [-0.4, -0.2) is 23.5 Å². The zero-order chi connectivity index (χ0) is 14.5. The molecule has 0 bridgehead atoms. The van der Waals surface area contributed by atoms with Gasteiger partial charge in [0.1, 0.15) is 0 Å². The molecule has 1 aromatic carbocycles. The summed E-state index contributed by atoms with van der Waals surface area (Å²) < 4.78 is 6.05. The van der Waals surface area contributed by atoms with Crippen molar-refractivity contribution in [2.24, 2.45) is 5.92 Å². The molecule has 1 saturated heterocycles. The molecular formula is C17H23NO2. The lowest BCUT2D eigenvalue weighted by molar-refractivity contribution is -0.0712. The predicted octanol–water partition coefficient (Wildman–Crippen LogP) is 3.43. The summed E-state index contributed by atoms with van der Waals surface area (Å²) in [6.45, 7) is 9.14. The molecule has 0 aliphatic carbocycles. The number of hydrogen-bond acceptors (Lipinski definition) is 3. The molecule has 0 aromatic heterocycles. The van der Waals surface area contributed by atoms with Crippen LogP contribution in [0, 0.1) is 5.92 Å². The number of hydrogen-bond donors (Lipinski definition) is 1. The molecule has 0 amide bonds. The smallest absolute Gasteiger partial charge is 0.168 e. The first-order valence-corrected chi connectivity index (χ1v) is 7.40. The summed E-state index contributed by atoms with van der Waals surface area (Å²) in [6, 6.07) is 6.05. The van der Waals surface area contributed by atoms with Crippen molar-refractivity contribution in [1.82, 2.24) is 0 Å². The molecule has 0 saturated carbocycles. The zero-order valence-electron chi connectivity index (χ0n) is 12.7. The van der Waals surface area contributed by atoms with Gasteiger partial charge in [0, 0.05) is 17.8 Å².